The largest absolute Gasteiger partial charge is 0.478 e. The number of carboxylic acid groups (broad SMARTS) is 1. The van der Waals surface area contributed by atoms with Gasteiger partial charge in [-0.15, -0.1) is 0 Å². The fraction of sp³-hybridized carbons (Fsp3) is 0.800. The van der Waals surface area contributed by atoms with E-state index in [1.807, 2.05) is 0 Å². The molecule has 0 aromatic heterocycles. The smallest absolute Gasteiger partial charge is 0.335 e. The highest BCUT2D eigenvalue weighted by molar-refractivity contribution is 7.86. The van der Waals surface area contributed by atoms with Crippen molar-refractivity contribution in [3.8, 4) is 0 Å². The van der Waals surface area contributed by atoms with Crippen LogP contribution in [0.4, 0.5) is 0 Å². The standard InChI is InChI=1S/C20H36O7S/c1-3-5-6-7-8-9-10-11-12-13-15-17(16-18(21)22)20(23)27-19(14-4-2)28(24,25)26/h16,19H,3-15H2,1-2H3,(H,21,22)(H,24,25,26). The van der Waals surface area contributed by atoms with E-state index in [0.717, 1.165) is 25.3 Å². The van der Waals surface area contributed by atoms with E-state index < -0.39 is 27.5 Å². The summed E-state index contributed by atoms with van der Waals surface area (Å²) in [4.78, 5) is 23.1. The number of rotatable bonds is 17. The topological polar surface area (TPSA) is 118 Å². The molecule has 164 valence electrons. The minimum Gasteiger partial charge on any atom is -0.478 e. The lowest BCUT2D eigenvalue weighted by molar-refractivity contribution is -0.142. The van der Waals surface area contributed by atoms with Crippen molar-refractivity contribution < 1.29 is 32.4 Å². The highest BCUT2D eigenvalue weighted by Gasteiger charge is 2.27. The second-order valence-corrected chi connectivity index (χ2v) is 8.63. The molecule has 0 heterocycles. The highest BCUT2D eigenvalue weighted by atomic mass is 32.2. The lowest BCUT2D eigenvalue weighted by Gasteiger charge is -2.15. The maximum atomic E-state index is 12.2. The molecule has 2 N–H and O–H groups in total. The van der Waals surface area contributed by atoms with Crippen molar-refractivity contribution in [1.82, 2.24) is 0 Å². The molecule has 0 amide bonds. The molecule has 1 unspecified atom stereocenters. The van der Waals surface area contributed by atoms with Crippen LogP contribution in [-0.4, -0.2) is 35.5 Å². The first-order valence-corrected chi connectivity index (χ1v) is 11.8. The van der Waals surface area contributed by atoms with Crippen molar-refractivity contribution in [3.05, 3.63) is 11.6 Å². The van der Waals surface area contributed by atoms with Gasteiger partial charge < -0.3 is 9.84 Å². The van der Waals surface area contributed by atoms with E-state index in [1.54, 1.807) is 6.92 Å². The van der Waals surface area contributed by atoms with Gasteiger partial charge in [0.2, 0.25) is 5.44 Å². The molecule has 0 aromatic carbocycles. The number of carbonyl (C=O) groups is 2. The van der Waals surface area contributed by atoms with Crippen molar-refractivity contribution in [2.45, 2.75) is 103 Å². The van der Waals surface area contributed by atoms with E-state index in [0.29, 0.717) is 12.8 Å². The Kier molecular flexibility index (Phi) is 14.7. The second-order valence-electron chi connectivity index (χ2n) is 7.08. The number of unbranched alkanes of at least 4 members (excludes halogenated alkanes) is 9. The SMILES string of the molecule is CCCCCCCCCCCCC(=CC(=O)O)C(=O)OC(CCC)S(=O)(=O)O. The number of carbonyl (C=O) groups excluding carboxylic acids is 1. The van der Waals surface area contributed by atoms with E-state index in [-0.39, 0.29) is 18.4 Å². The first-order chi connectivity index (χ1) is 13.2. The van der Waals surface area contributed by atoms with Crippen molar-refractivity contribution in [3.63, 3.8) is 0 Å². The van der Waals surface area contributed by atoms with Crippen LogP contribution in [0.5, 0.6) is 0 Å². The summed E-state index contributed by atoms with van der Waals surface area (Å²) in [6.45, 7) is 3.87. The van der Waals surface area contributed by atoms with Gasteiger partial charge in [0.25, 0.3) is 0 Å². The molecule has 7 nitrogen and oxygen atoms in total. The van der Waals surface area contributed by atoms with E-state index in [2.05, 4.69) is 6.92 Å². The molecule has 0 spiro atoms. The van der Waals surface area contributed by atoms with Gasteiger partial charge in [0.15, 0.2) is 0 Å². The summed E-state index contributed by atoms with van der Waals surface area (Å²) in [6, 6.07) is 0. The molecule has 0 aliphatic heterocycles. The number of aliphatic carboxylic acids is 1. The van der Waals surface area contributed by atoms with Crippen LogP contribution < -0.4 is 0 Å². The molecule has 0 rings (SSSR count). The van der Waals surface area contributed by atoms with Gasteiger partial charge in [-0.05, 0) is 12.8 Å². The van der Waals surface area contributed by atoms with E-state index in [1.165, 1.54) is 38.5 Å². The zero-order valence-corrected chi connectivity index (χ0v) is 18.0. The van der Waals surface area contributed by atoms with Crippen molar-refractivity contribution in [2.75, 3.05) is 0 Å². The maximum absolute atomic E-state index is 12.2. The Morgan fingerprint density at radius 2 is 1.39 bits per heavy atom. The Labute approximate surface area is 169 Å². The van der Waals surface area contributed by atoms with Crippen molar-refractivity contribution in [1.29, 1.82) is 0 Å². The minimum absolute atomic E-state index is 0.0524. The molecule has 0 aliphatic rings. The molecule has 0 saturated carbocycles. The predicted octanol–water partition coefficient (Wildman–Crippen LogP) is 4.87. The zero-order valence-electron chi connectivity index (χ0n) is 17.2. The van der Waals surface area contributed by atoms with Gasteiger partial charge in [-0.25, -0.2) is 9.59 Å². The number of carboxylic acids is 1. The number of hydrogen-bond donors (Lipinski definition) is 2. The minimum atomic E-state index is -4.55. The summed E-state index contributed by atoms with van der Waals surface area (Å²) in [7, 11) is -4.55. The summed E-state index contributed by atoms with van der Waals surface area (Å²) in [6.07, 6.45) is 12.3. The quantitative estimate of drug-likeness (QED) is 0.149. The lowest BCUT2D eigenvalue weighted by Crippen LogP contribution is -2.27. The Bertz CT molecular complexity index is 581. The number of ether oxygens (including phenoxy) is 1. The number of hydrogen-bond acceptors (Lipinski definition) is 5. The van der Waals surface area contributed by atoms with Gasteiger partial charge in [0.1, 0.15) is 0 Å². The maximum Gasteiger partial charge on any atom is 0.335 e. The Morgan fingerprint density at radius 1 is 0.893 bits per heavy atom. The van der Waals surface area contributed by atoms with Crippen LogP contribution in [0.2, 0.25) is 0 Å². The van der Waals surface area contributed by atoms with Crippen LogP contribution in [0.15, 0.2) is 11.6 Å². The molecule has 1 atom stereocenters. The van der Waals surface area contributed by atoms with Crippen LogP contribution in [0.3, 0.4) is 0 Å². The third kappa shape index (κ3) is 13.7. The Morgan fingerprint density at radius 3 is 1.82 bits per heavy atom. The average molecular weight is 421 g/mol. The van der Waals surface area contributed by atoms with Gasteiger partial charge in [0.05, 0.1) is 0 Å². The zero-order chi connectivity index (χ0) is 21.4. The van der Waals surface area contributed by atoms with Gasteiger partial charge in [-0.1, -0.05) is 78.1 Å². The van der Waals surface area contributed by atoms with Gasteiger partial charge in [0, 0.05) is 18.1 Å². The summed E-state index contributed by atoms with van der Waals surface area (Å²) in [5.41, 5.74) is -1.76. The van der Waals surface area contributed by atoms with E-state index >= 15 is 0 Å². The normalized spacial score (nSPS) is 13.3. The van der Waals surface area contributed by atoms with Gasteiger partial charge >= 0.3 is 22.1 Å². The molecule has 0 aromatic rings. The second kappa shape index (κ2) is 15.5. The molecule has 0 radical (unpaired) electrons. The third-order valence-electron chi connectivity index (χ3n) is 4.45. The first kappa shape index (κ1) is 26.6. The number of esters is 1. The van der Waals surface area contributed by atoms with Crippen molar-refractivity contribution >= 4 is 22.1 Å². The molecule has 0 saturated heterocycles. The summed E-state index contributed by atoms with van der Waals surface area (Å²) < 4.78 is 36.6. The summed E-state index contributed by atoms with van der Waals surface area (Å²) >= 11 is 0. The van der Waals surface area contributed by atoms with Crippen LogP contribution in [0.25, 0.3) is 0 Å². The van der Waals surface area contributed by atoms with Gasteiger partial charge in [-0.3, -0.25) is 4.55 Å². The fourth-order valence-corrected chi connectivity index (χ4v) is 3.63. The Hall–Kier alpha value is -1.41. The molecule has 8 heteroatoms. The third-order valence-corrected chi connectivity index (χ3v) is 5.45. The predicted molar refractivity (Wildman–Crippen MR) is 109 cm³/mol. The molecule has 0 aliphatic carbocycles. The van der Waals surface area contributed by atoms with Crippen LogP contribution >= 0.6 is 0 Å². The lowest BCUT2D eigenvalue weighted by atomic mass is 10.0. The monoisotopic (exact) mass is 420 g/mol. The van der Waals surface area contributed by atoms with Crippen LogP contribution in [-0.2, 0) is 24.4 Å². The van der Waals surface area contributed by atoms with E-state index in [4.69, 9.17) is 14.4 Å². The van der Waals surface area contributed by atoms with Crippen LogP contribution in [0.1, 0.15) is 97.3 Å². The molecule has 0 fully saturated rings. The molecular weight excluding hydrogens is 384 g/mol. The molecule has 28 heavy (non-hydrogen) atoms. The fourth-order valence-electron chi connectivity index (χ4n) is 2.88. The summed E-state index contributed by atoms with van der Waals surface area (Å²) in [5.74, 6) is -2.30. The van der Waals surface area contributed by atoms with E-state index in [9.17, 15) is 18.0 Å². The average Bonchev–Trinajstić information content (AvgIpc) is 2.60. The first-order valence-electron chi connectivity index (χ1n) is 10.3. The van der Waals surface area contributed by atoms with Gasteiger partial charge in [-0.2, -0.15) is 8.42 Å². The highest BCUT2D eigenvalue weighted by Crippen LogP contribution is 2.17. The molecular formula is C20H36O7S. The van der Waals surface area contributed by atoms with Crippen LogP contribution in [0, 0.1) is 0 Å². The molecule has 0 bridgehead atoms. The Balaban J connectivity index is 4.38. The summed E-state index contributed by atoms with van der Waals surface area (Å²) in [5, 5.41) is 8.94. The van der Waals surface area contributed by atoms with Crippen molar-refractivity contribution in [2.24, 2.45) is 0 Å².